The van der Waals surface area contributed by atoms with Crippen LogP contribution >= 0.6 is 11.8 Å². The van der Waals surface area contributed by atoms with Crippen LogP contribution in [0, 0.1) is 5.92 Å². The van der Waals surface area contributed by atoms with Gasteiger partial charge in [-0.3, -0.25) is 9.59 Å². The Morgan fingerprint density at radius 1 is 1.60 bits per heavy atom. The van der Waals surface area contributed by atoms with Gasteiger partial charge in [0.1, 0.15) is 0 Å². The number of amides is 2. The minimum atomic E-state index is -0.277. The molecule has 0 spiro atoms. The van der Waals surface area contributed by atoms with Gasteiger partial charge in [-0.25, -0.2) is 0 Å². The number of hydrogen-bond donors (Lipinski definition) is 1. The van der Waals surface area contributed by atoms with Crippen LogP contribution in [0.3, 0.4) is 0 Å². The van der Waals surface area contributed by atoms with E-state index in [2.05, 4.69) is 11.9 Å². The van der Waals surface area contributed by atoms with E-state index >= 15 is 0 Å². The van der Waals surface area contributed by atoms with Crippen LogP contribution in [0.4, 0.5) is 5.69 Å². The summed E-state index contributed by atoms with van der Waals surface area (Å²) in [5, 5.41) is 2.75. The molecule has 0 bridgehead atoms. The second-order valence-electron chi connectivity index (χ2n) is 4.64. The molecule has 20 heavy (non-hydrogen) atoms. The predicted octanol–water partition coefficient (Wildman–Crippen LogP) is 2.06. The Morgan fingerprint density at radius 2 is 2.40 bits per heavy atom. The summed E-state index contributed by atoms with van der Waals surface area (Å²) < 4.78 is 0. The molecule has 1 atom stereocenters. The van der Waals surface area contributed by atoms with Crippen LogP contribution in [-0.4, -0.2) is 31.2 Å². The lowest BCUT2D eigenvalue weighted by molar-refractivity contribution is -0.126. The summed E-state index contributed by atoms with van der Waals surface area (Å²) in [7, 11) is 0. The van der Waals surface area contributed by atoms with Crippen molar-refractivity contribution in [2.45, 2.75) is 11.3 Å². The molecule has 1 aliphatic heterocycles. The number of rotatable bonds is 5. The van der Waals surface area contributed by atoms with Crippen molar-refractivity contribution in [1.82, 2.24) is 5.32 Å². The number of nitrogens with one attached hydrogen (secondary N) is 1. The number of thioether (sulfide) groups is 1. The van der Waals surface area contributed by atoms with Gasteiger partial charge in [0.25, 0.3) is 0 Å². The molecule has 2 rings (SSSR count). The van der Waals surface area contributed by atoms with Gasteiger partial charge in [0.2, 0.25) is 11.8 Å². The molecule has 5 heteroatoms. The predicted molar refractivity (Wildman–Crippen MR) is 81.9 cm³/mol. The Morgan fingerprint density at radius 3 is 3.10 bits per heavy atom. The Bertz CT molecular complexity index is 530. The van der Waals surface area contributed by atoms with Crippen molar-refractivity contribution >= 4 is 29.3 Å². The topological polar surface area (TPSA) is 49.4 Å². The summed E-state index contributed by atoms with van der Waals surface area (Å²) in [6, 6.07) is 7.82. The van der Waals surface area contributed by atoms with Crippen LogP contribution in [0.15, 0.2) is 41.8 Å². The van der Waals surface area contributed by atoms with Gasteiger partial charge in [0, 0.05) is 30.1 Å². The molecule has 0 aliphatic carbocycles. The van der Waals surface area contributed by atoms with Crippen LogP contribution in [0.2, 0.25) is 0 Å². The molecule has 2 amide bonds. The van der Waals surface area contributed by atoms with Crippen LogP contribution in [0.5, 0.6) is 0 Å². The maximum atomic E-state index is 12.1. The van der Waals surface area contributed by atoms with E-state index in [0.29, 0.717) is 13.1 Å². The monoisotopic (exact) mass is 290 g/mol. The Balaban J connectivity index is 2.08. The smallest absolute Gasteiger partial charge is 0.227 e. The molecule has 1 fully saturated rings. The normalized spacial score (nSPS) is 18.1. The summed E-state index contributed by atoms with van der Waals surface area (Å²) >= 11 is 1.63. The van der Waals surface area contributed by atoms with Gasteiger partial charge in [-0.05, 0) is 24.5 Å². The molecule has 4 nitrogen and oxygen atoms in total. The summed E-state index contributed by atoms with van der Waals surface area (Å²) in [5.41, 5.74) is 0.862. The SMILES string of the molecule is C=CCNC(=O)C1CC(=O)N(c2cccc(SC)c2)C1. The van der Waals surface area contributed by atoms with E-state index in [0.717, 1.165) is 10.6 Å². The fraction of sp³-hybridized carbons (Fsp3) is 0.333. The average molecular weight is 290 g/mol. The quantitative estimate of drug-likeness (QED) is 0.667. The molecule has 1 aromatic rings. The highest BCUT2D eigenvalue weighted by Gasteiger charge is 2.34. The zero-order chi connectivity index (χ0) is 14.5. The first-order chi connectivity index (χ1) is 9.65. The van der Waals surface area contributed by atoms with Crippen molar-refractivity contribution in [3.05, 3.63) is 36.9 Å². The number of nitrogens with zero attached hydrogens (tertiary/aromatic N) is 1. The van der Waals surface area contributed by atoms with E-state index < -0.39 is 0 Å². The number of hydrogen-bond acceptors (Lipinski definition) is 3. The van der Waals surface area contributed by atoms with Crippen molar-refractivity contribution in [1.29, 1.82) is 0 Å². The molecular formula is C15H18N2O2S. The Hall–Kier alpha value is -1.75. The summed E-state index contributed by atoms with van der Waals surface area (Å²) in [6.45, 7) is 4.44. The van der Waals surface area contributed by atoms with E-state index in [9.17, 15) is 9.59 Å². The lowest BCUT2D eigenvalue weighted by atomic mass is 10.1. The molecule has 106 valence electrons. The van der Waals surface area contributed by atoms with Crippen LogP contribution in [-0.2, 0) is 9.59 Å². The van der Waals surface area contributed by atoms with Gasteiger partial charge in [-0.15, -0.1) is 18.3 Å². The van der Waals surface area contributed by atoms with Crippen LogP contribution in [0.25, 0.3) is 0 Å². The van der Waals surface area contributed by atoms with E-state index in [1.54, 1.807) is 22.7 Å². The zero-order valence-corrected chi connectivity index (χ0v) is 12.3. The lowest BCUT2D eigenvalue weighted by Crippen LogP contribution is -2.33. The highest BCUT2D eigenvalue weighted by Crippen LogP contribution is 2.28. The minimum Gasteiger partial charge on any atom is -0.352 e. The van der Waals surface area contributed by atoms with Gasteiger partial charge in [-0.2, -0.15) is 0 Å². The molecule has 1 aromatic carbocycles. The second-order valence-corrected chi connectivity index (χ2v) is 5.52. The highest BCUT2D eigenvalue weighted by atomic mass is 32.2. The molecular weight excluding hydrogens is 272 g/mol. The highest BCUT2D eigenvalue weighted by molar-refractivity contribution is 7.98. The first kappa shape index (κ1) is 14.7. The van der Waals surface area contributed by atoms with Gasteiger partial charge in [0.05, 0.1) is 5.92 Å². The van der Waals surface area contributed by atoms with Crippen molar-refractivity contribution in [3.8, 4) is 0 Å². The minimum absolute atomic E-state index is 0.00186. The van der Waals surface area contributed by atoms with Crippen molar-refractivity contribution in [3.63, 3.8) is 0 Å². The lowest BCUT2D eigenvalue weighted by Gasteiger charge is -2.17. The zero-order valence-electron chi connectivity index (χ0n) is 11.5. The van der Waals surface area contributed by atoms with Gasteiger partial charge in [0.15, 0.2) is 0 Å². The van der Waals surface area contributed by atoms with E-state index in [4.69, 9.17) is 0 Å². The molecule has 0 aromatic heterocycles. The molecule has 1 N–H and O–H groups in total. The molecule has 0 radical (unpaired) electrons. The first-order valence-electron chi connectivity index (χ1n) is 6.48. The number of anilines is 1. The third kappa shape index (κ3) is 3.22. The fourth-order valence-electron chi connectivity index (χ4n) is 2.23. The first-order valence-corrected chi connectivity index (χ1v) is 7.71. The summed E-state index contributed by atoms with van der Waals surface area (Å²) in [6.07, 6.45) is 3.90. The largest absolute Gasteiger partial charge is 0.352 e. The standard InChI is InChI=1S/C15H18N2O2S/c1-3-7-16-15(19)11-8-14(18)17(10-11)12-5-4-6-13(9-12)20-2/h3-6,9,11H,1,7-8,10H2,2H3,(H,16,19). The molecule has 1 heterocycles. The van der Waals surface area contributed by atoms with E-state index in [1.807, 2.05) is 30.5 Å². The number of carbonyl (C=O) groups is 2. The summed E-state index contributed by atoms with van der Waals surface area (Å²) in [5.74, 6) is -0.357. The van der Waals surface area contributed by atoms with Crippen molar-refractivity contribution in [2.24, 2.45) is 5.92 Å². The Kier molecular flexibility index (Phi) is 4.84. The van der Waals surface area contributed by atoms with Crippen LogP contribution < -0.4 is 10.2 Å². The number of benzene rings is 1. The van der Waals surface area contributed by atoms with Crippen molar-refractivity contribution in [2.75, 3.05) is 24.2 Å². The molecule has 1 saturated heterocycles. The van der Waals surface area contributed by atoms with E-state index in [-0.39, 0.29) is 24.2 Å². The third-order valence-corrected chi connectivity index (χ3v) is 4.01. The molecule has 1 aliphatic rings. The molecule has 0 saturated carbocycles. The molecule has 1 unspecified atom stereocenters. The second kappa shape index (κ2) is 6.61. The number of carbonyl (C=O) groups excluding carboxylic acids is 2. The third-order valence-electron chi connectivity index (χ3n) is 3.28. The van der Waals surface area contributed by atoms with Gasteiger partial charge < -0.3 is 10.2 Å². The van der Waals surface area contributed by atoms with Crippen LogP contribution in [0.1, 0.15) is 6.42 Å². The van der Waals surface area contributed by atoms with Gasteiger partial charge in [-0.1, -0.05) is 12.1 Å². The fourth-order valence-corrected chi connectivity index (χ4v) is 2.68. The Labute approximate surface area is 123 Å². The maximum absolute atomic E-state index is 12.1. The van der Waals surface area contributed by atoms with Crippen molar-refractivity contribution < 1.29 is 9.59 Å². The van der Waals surface area contributed by atoms with Gasteiger partial charge >= 0.3 is 0 Å². The average Bonchev–Trinajstić information content (AvgIpc) is 2.87. The maximum Gasteiger partial charge on any atom is 0.227 e. The summed E-state index contributed by atoms with van der Waals surface area (Å²) in [4.78, 5) is 26.8. The van der Waals surface area contributed by atoms with E-state index in [1.165, 1.54) is 0 Å².